The molecule has 3 heterocycles. The van der Waals surface area contributed by atoms with Crippen molar-refractivity contribution in [2.75, 3.05) is 12.0 Å². The van der Waals surface area contributed by atoms with Crippen LogP contribution >= 0.6 is 11.3 Å². The summed E-state index contributed by atoms with van der Waals surface area (Å²) in [5.74, 6) is -0.970. The van der Waals surface area contributed by atoms with Gasteiger partial charge < -0.3 is 15.3 Å². The standard InChI is InChI=1S/C24H21N5O5S2/c1-13-6-7-19-16(8-13)20(29-23(31)17-11-35-12-18(17)26-24(29)32)21(22(30)27-36(2,33)34)28(19)10-14-4-3-5-15(25)9-14/h3-9,11-12H,10,25H2,1-2H3,(H,26,32)(H,27,30). The third kappa shape index (κ3) is 4.10. The van der Waals surface area contributed by atoms with Crippen molar-refractivity contribution in [3.05, 3.63) is 90.9 Å². The lowest BCUT2D eigenvalue weighted by atomic mass is 10.1. The maximum Gasteiger partial charge on any atom is 0.333 e. The number of amides is 1. The molecule has 0 aliphatic rings. The van der Waals surface area contributed by atoms with Gasteiger partial charge in [0.05, 0.1) is 28.4 Å². The van der Waals surface area contributed by atoms with Crippen LogP contribution in [-0.4, -0.2) is 34.7 Å². The van der Waals surface area contributed by atoms with Crippen molar-refractivity contribution in [3.8, 4) is 5.69 Å². The minimum absolute atomic E-state index is 0.00176. The molecule has 0 saturated heterocycles. The Kier molecular flexibility index (Phi) is 5.57. The Morgan fingerprint density at radius 1 is 1.11 bits per heavy atom. The summed E-state index contributed by atoms with van der Waals surface area (Å²) in [5, 5.41) is 3.98. The molecule has 2 aromatic carbocycles. The number of H-pyrrole nitrogens is 1. The lowest BCUT2D eigenvalue weighted by molar-refractivity contribution is 0.0973. The van der Waals surface area contributed by atoms with E-state index < -0.39 is 27.2 Å². The highest BCUT2D eigenvalue weighted by atomic mass is 32.2. The number of fused-ring (bicyclic) bond motifs is 2. The van der Waals surface area contributed by atoms with E-state index in [2.05, 4.69) is 4.98 Å². The molecule has 10 nitrogen and oxygen atoms in total. The zero-order chi connectivity index (χ0) is 25.8. The van der Waals surface area contributed by atoms with E-state index in [1.807, 2.05) is 23.8 Å². The first kappa shape index (κ1) is 23.6. The summed E-state index contributed by atoms with van der Waals surface area (Å²) in [7, 11) is -3.96. The van der Waals surface area contributed by atoms with Crippen LogP contribution in [-0.2, 0) is 16.6 Å². The van der Waals surface area contributed by atoms with Crippen LogP contribution in [0.4, 0.5) is 5.69 Å². The number of nitrogens with two attached hydrogens (primary N) is 1. The van der Waals surface area contributed by atoms with Crippen LogP contribution in [0, 0.1) is 6.92 Å². The Hall–Kier alpha value is -4.16. The molecule has 0 saturated carbocycles. The molecule has 0 radical (unpaired) electrons. The summed E-state index contributed by atoms with van der Waals surface area (Å²) < 4.78 is 28.5. The lowest BCUT2D eigenvalue weighted by Gasteiger charge is -2.13. The number of hydrogen-bond acceptors (Lipinski definition) is 7. The third-order valence-electron chi connectivity index (χ3n) is 5.74. The van der Waals surface area contributed by atoms with Crippen molar-refractivity contribution < 1.29 is 13.2 Å². The number of hydrogen-bond donors (Lipinski definition) is 3. The number of nitrogen functional groups attached to an aromatic ring is 1. The molecule has 0 aliphatic heterocycles. The van der Waals surface area contributed by atoms with Gasteiger partial charge in [0.2, 0.25) is 10.0 Å². The minimum Gasteiger partial charge on any atom is -0.399 e. The molecule has 36 heavy (non-hydrogen) atoms. The van der Waals surface area contributed by atoms with E-state index in [1.54, 1.807) is 45.7 Å². The summed E-state index contributed by atoms with van der Waals surface area (Å²) in [6, 6.07) is 12.4. The molecule has 5 rings (SSSR count). The number of rotatable bonds is 5. The Morgan fingerprint density at radius 2 is 1.89 bits per heavy atom. The number of thiophene rings is 1. The number of sulfonamides is 1. The normalized spacial score (nSPS) is 11.8. The first-order valence-corrected chi connectivity index (χ1v) is 13.6. The van der Waals surface area contributed by atoms with Gasteiger partial charge in [-0.1, -0.05) is 23.8 Å². The SMILES string of the molecule is Cc1ccc2c(c1)c(-n1c(=O)[nH]c3cscc3c1=O)c(C(=O)NS(C)(=O)=O)n2Cc1cccc(N)c1. The predicted octanol–water partition coefficient (Wildman–Crippen LogP) is 2.32. The van der Waals surface area contributed by atoms with E-state index in [0.29, 0.717) is 22.1 Å². The first-order valence-electron chi connectivity index (χ1n) is 10.7. The fraction of sp³-hybridized carbons (Fsp3) is 0.125. The topological polar surface area (TPSA) is 149 Å². The minimum atomic E-state index is -3.96. The summed E-state index contributed by atoms with van der Waals surface area (Å²) in [4.78, 5) is 42.8. The third-order valence-corrected chi connectivity index (χ3v) is 7.04. The maximum absolute atomic E-state index is 13.5. The average molecular weight is 524 g/mol. The van der Waals surface area contributed by atoms with Crippen molar-refractivity contribution in [1.82, 2.24) is 18.8 Å². The van der Waals surface area contributed by atoms with Crippen LogP contribution in [0.15, 0.2) is 62.8 Å². The fourth-order valence-corrected chi connectivity index (χ4v) is 5.50. The van der Waals surface area contributed by atoms with Crippen molar-refractivity contribution in [1.29, 1.82) is 0 Å². The second-order valence-electron chi connectivity index (χ2n) is 8.52. The Morgan fingerprint density at radius 3 is 2.61 bits per heavy atom. The summed E-state index contributed by atoms with van der Waals surface area (Å²) >= 11 is 1.25. The number of anilines is 1. The molecule has 4 N–H and O–H groups in total. The summed E-state index contributed by atoms with van der Waals surface area (Å²) in [6.45, 7) is 1.97. The van der Waals surface area contributed by atoms with Gasteiger partial charge in [0, 0.05) is 28.4 Å². The summed E-state index contributed by atoms with van der Waals surface area (Å²) in [5.41, 5.74) is 7.42. The van der Waals surface area contributed by atoms with E-state index in [1.165, 1.54) is 11.3 Å². The van der Waals surface area contributed by atoms with Crippen molar-refractivity contribution >= 4 is 54.8 Å². The number of benzene rings is 2. The lowest BCUT2D eigenvalue weighted by Crippen LogP contribution is -2.37. The van der Waals surface area contributed by atoms with E-state index in [9.17, 15) is 22.8 Å². The predicted molar refractivity (Wildman–Crippen MR) is 141 cm³/mol. The molecule has 3 aromatic heterocycles. The second kappa shape index (κ2) is 8.50. The van der Waals surface area contributed by atoms with Crippen LogP contribution in [0.2, 0.25) is 0 Å². The van der Waals surface area contributed by atoms with Gasteiger partial charge in [-0.3, -0.25) is 9.59 Å². The molecule has 5 aromatic rings. The highest BCUT2D eigenvalue weighted by Crippen LogP contribution is 2.31. The van der Waals surface area contributed by atoms with Gasteiger partial charge in [-0.25, -0.2) is 22.5 Å². The zero-order valence-corrected chi connectivity index (χ0v) is 20.9. The number of aryl methyl sites for hydroxylation is 1. The van der Waals surface area contributed by atoms with Gasteiger partial charge in [0.25, 0.3) is 11.5 Å². The number of carbonyl (C=O) groups excluding carboxylic acids is 1. The molecular formula is C24H21N5O5S2. The van der Waals surface area contributed by atoms with E-state index in [0.717, 1.165) is 21.9 Å². The van der Waals surface area contributed by atoms with Crippen molar-refractivity contribution in [3.63, 3.8) is 0 Å². The Bertz CT molecular complexity index is 1910. The van der Waals surface area contributed by atoms with E-state index in [-0.39, 0.29) is 23.3 Å². The quantitative estimate of drug-likeness (QED) is 0.301. The van der Waals surface area contributed by atoms with Gasteiger partial charge in [0.1, 0.15) is 5.69 Å². The second-order valence-corrected chi connectivity index (χ2v) is 11.0. The molecule has 0 fully saturated rings. The van der Waals surface area contributed by atoms with Gasteiger partial charge in [-0.05, 0) is 36.8 Å². The number of carbonyl (C=O) groups is 1. The van der Waals surface area contributed by atoms with Gasteiger partial charge >= 0.3 is 5.69 Å². The largest absolute Gasteiger partial charge is 0.399 e. The van der Waals surface area contributed by atoms with Crippen LogP contribution in [0.3, 0.4) is 0 Å². The maximum atomic E-state index is 13.5. The van der Waals surface area contributed by atoms with Gasteiger partial charge in [-0.2, -0.15) is 0 Å². The molecule has 0 unspecified atom stereocenters. The number of nitrogens with zero attached hydrogens (tertiary/aromatic N) is 2. The first-order chi connectivity index (χ1) is 17.0. The van der Waals surface area contributed by atoms with E-state index >= 15 is 0 Å². The molecule has 1 amide bonds. The molecule has 0 atom stereocenters. The molecule has 12 heteroatoms. The van der Waals surface area contributed by atoms with Gasteiger partial charge in [0.15, 0.2) is 0 Å². The number of aromatic nitrogens is 3. The van der Waals surface area contributed by atoms with Crippen LogP contribution in [0.5, 0.6) is 0 Å². The smallest absolute Gasteiger partial charge is 0.333 e. The molecule has 0 aliphatic carbocycles. The van der Waals surface area contributed by atoms with Crippen LogP contribution < -0.4 is 21.7 Å². The molecule has 184 valence electrons. The Balaban J connectivity index is 1.92. The van der Waals surface area contributed by atoms with Crippen LogP contribution in [0.1, 0.15) is 21.6 Å². The summed E-state index contributed by atoms with van der Waals surface area (Å²) in [6.07, 6.45) is 0.857. The average Bonchev–Trinajstić information content (AvgIpc) is 3.36. The van der Waals surface area contributed by atoms with Crippen molar-refractivity contribution in [2.45, 2.75) is 13.5 Å². The zero-order valence-electron chi connectivity index (χ0n) is 19.2. The Labute approximate surface area is 208 Å². The highest BCUT2D eigenvalue weighted by molar-refractivity contribution is 7.89. The van der Waals surface area contributed by atoms with Crippen molar-refractivity contribution in [2.24, 2.45) is 0 Å². The van der Waals surface area contributed by atoms with Gasteiger partial charge in [-0.15, -0.1) is 11.3 Å². The van der Waals surface area contributed by atoms with E-state index in [4.69, 9.17) is 5.73 Å². The molecule has 0 bridgehead atoms. The number of nitrogens with one attached hydrogen (secondary N) is 2. The highest BCUT2D eigenvalue weighted by Gasteiger charge is 2.28. The van der Waals surface area contributed by atoms with Crippen LogP contribution in [0.25, 0.3) is 27.5 Å². The molecular weight excluding hydrogens is 502 g/mol. The monoisotopic (exact) mass is 523 g/mol. The fourth-order valence-electron chi connectivity index (χ4n) is 4.31. The number of aromatic amines is 1. The molecule has 0 spiro atoms.